The van der Waals surface area contributed by atoms with Crippen LogP contribution >= 0.6 is 0 Å². The fourth-order valence-electron chi connectivity index (χ4n) is 3.61. The third-order valence-electron chi connectivity index (χ3n) is 5.31. The number of carbonyl (C=O) groups excluding carboxylic acids is 2. The molecule has 1 aliphatic rings. The zero-order chi connectivity index (χ0) is 20.1. The molecule has 0 unspecified atom stereocenters. The summed E-state index contributed by atoms with van der Waals surface area (Å²) in [6.07, 6.45) is 4.92. The van der Waals surface area contributed by atoms with Gasteiger partial charge in [0, 0.05) is 29.7 Å². The predicted molar refractivity (Wildman–Crippen MR) is 108 cm³/mol. The average molecular weight is 372 g/mol. The van der Waals surface area contributed by atoms with E-state index in [1.807, 2.05) is 45.9 Å². The highest BCUT2D eigenvalue weighted by Gasteiger charge is 2.38. The molecule has 2 atom stereocenters. The fourth-order valence-corrected chi connectivity index (χ4v) is 3.61. The molecule has 148 valence electrons. The lowest BCUT2D eigenvalue weighted by Crippen LogP contribution is -2.36. The Morgan fingerprint density at radius 2 is 1.93 bits per heavy atom. The van der Waals surface area contributed by atoms with Gasteiger partial charge in [-0.15, -0.1) is 0 Å². The van der Waals surface area contributed by atoms with Crippen molar-refractivity contribution in [2.24, 2.45) is 5.41 Å². The van der Waals surface area contributed by atoms with E-state index in [9.17, 15) is 9.59 Å². The van der Waals surface area contributed by atoms with Crippen LogP contribution in [0.15, 0.2) is 42.1 Å². The Kier molecular flexibility index (Phi) is 6.85. The van der Waals surface area contributed by atoms with Gasteiger partial charge in [0.05, 0.1) is 0 Å². The van der Waals surface area contributed by atoms with Crippen LogP contribution in [-0.4, -0.2) is 17.4 Å². The predicted octanol–water partition coefficient (Wildman–Crippen LogP) is 5.10. The second kappa shape index (κ2) is 8.73. The van der Waals surface area contributed by atoms with Crippen LogP contribution < -0.4 is 5.32 Å². The summed E-state index contributed by atoms with van der Waals surface area (Å²) in [6, 6.07) is 10.4. The van der Waals surface area contributed by atoms with Crippen LogP contribution in [0.3, 0.4) is 0 Å². The Balaban J connectivity index is 1.99. The van der Waals surface area contributed by atoms with Gasteiger partial charge in [0.1, 0.15) is 5.60 Å². The minimum atomic E-state index is -0.488. The minimum Gasteiger partial charge on any atom is -0.460 e. The standard InChI is InChI=1S/C23H33NO3/c1-6-23(15-13-21(26)27-22(3,4)5)14-12-19(16-20(23)25)24-17(2)18-10-8-7-9-11-18/h7-11,16-17,24H,6,12-15H2,1-5H3/t17-,23-/m0/s1. The number of hydrogen-bond acceptors (Lipinski definition) is 4. The number of benzene rings is 1. The summed E-state index contributed by atoms with van der Waals surface area (Å²) in [5.41, 5.74) is 1.25. The highest BCUT2D eigenvalue weighted by Crippen LogP contribution is 2.40. The third-order valence-corrected chi connectivity index (χ3v) is 5.31. The Morgan fingerprint density at radius 1 is 1.26 bits per heavy atom. The van der Waals surface area contributed by atoms with Gasteiger partial charge in [0.15, 0.2) is 5.78 Å². The summed E-state index contributed by atoms with van der Waals surface area (Å²) >= 11 is 0. The molecule has 0 radical (unpaired) electrons. The van der Waals surface area contributed by atoms with E-state index in [0.29, 0.717) is 6.42 Å². The molecule has 1 aliphatic carbocycles. The van der Waals surface area contributed by atoms with Gasteiger partial charge in [-0.3, -0.25) is 9.59 Å². The van der Waals surface area contributed by atoms with Crippen LogP contribution in [0.4, 0.5) is 0 Å². The number of ketones is 1. The van der Waals surface area contributed by atoms with E-state index < -0.39 is 11.0 Å². The van der Waals surface area contributed by atoms with Crippen molar-refractivity contribution in [1.29, 1.82) is 0 Å². The summed E-state index contributed by atoms with van der Waals surface area (Å²) < 4.78 is 5.40. The molecular formula is C23H33NO3. The van der Waals surface area contributed by atoms with Crippen LogP contribution in [-0.2, 0) is 14.3 Å². The van der Waals surface area contributed by atoms with Crippen LogP contribution in [0.1, 0.15) is 78.3 Å². The molecule has 0 bridgehead atoms. The quantitative estimate of drug-likeness (QED) is 0.677. The van der Waals surface area contributed by atoms with E-state index in [0.717, 1.165) is 25.0 Å². The maximum Gasteiger partial charge on any atom is 0.306 e. The Hall–Kier alpha value is -2.10. The van der Waals surface area contributed by atoms with Gasteiger partial charge in [-0.05, 0) is 58.9 Å². The number of hydrogen-bond donors (Lipinski definition) is 1. The van der Waals surface area contributed by atoms with Crippen molar-refractivity contribution in [2.75, 3.05) is 0 Å². The first-order valence-corrected chi connectivity index (χ1v) is 9.93. The summed E-state index contributed by atoms with van der Waals surface area (Å²) in [5.74, 6) is -0.101. The molecule has 0 aromatic heterocycles. The maximum atomic E-state index is 12.9. The highest BCUT2D eigenvalue weighted by molar-refractivity contribution is 5.96. The second-order valence-electron chi connectivity index (χ2n) is 8.53. The summed E-state index contributed by atoms with van der Waals surface area (Å²) in [4.78, 5) is 25.0. The largest absolute Gasteiger partial charge is 0.460 e. The zero-order valence-corrected chi connectivity index (χ0v) is 17.3. The first-order chi connectivity index (χ1) is 12.6. The maximum absolute atomic E-state index is 12.9. The Bertz CT molecular complexity index is 687. The van der Waals surface area contributed by atoms with Gasteiger partial charge in [0.25, 0.3) is 0 Å². The summed E-state index contributed by atoms with van der Waals surface area (Å²) in [7, 11) is 0. The monoisotopic (exact) mass is 371 g/mol. The Morgan fingerprint density at radius 3 is 2.48 bits per heavy atom. The van der Waals surface area contributed by atoms with Crippen molar-refractivity contribution in [1.82, 2.24) is 5.32 Å². The molecule has 0 saturated carbocycles. The Labute approximate surface area is 163 Å². The lowest BCUT2D eigenvalue weighted by molar-refractivity contribution is -0.155. The summed E-state index contributed by atoms with van der Waals surface area (Å²) in [5, 5.41) is 3.47. The normalized spacial score (nSPS) is 21.4. The summed E-state index contributed by atoms with van der Waals surface area (Å²) in [6.45, 7) is 9.72. The average Bonchev–Trinajstić information content (AvgIpc) is 2.61. The lowest BCUT2D eigenvalue weighted by atomic mass is 9.70. The molecule has 4 nitrogen and oxygen atoms in total. The van der Waals surface area contributed by atoms with Gasteiger partial charge < -0.3 is 10.1 Å². The number of nitrogens with one attached hydrogen (secondary N) is 1. The molecule has 2 rings (SSSR count). The molecular weight excluding hydrogens is 338 g/mol. The van der Waals surface area contributed by atoms with E-state index in [1.54, 1.807) is 6.08 Å². The fraction of sp³-hybridized carbons (Fsp3) is 0.565. The molecule has 0 amide bonds. The molecule has 0 spiro atoms. The molecule has 1 N–H and O–H groups in total. The number of carbonyl (C=O) groups is 2. The van der Waals surface area contributed by atoms with Crippen molar-refractivity contribution in [2.45, 2.75) is 78.4 Å². The van der Waals surface area contributed by atoms with Gasteiger partial charge in [-0.2, -0.15) is 0 Å². The smallest absolute Gasteiger partial charge is 0.306 e. The second-order valence-corrected chi connectivity index (χ2v) is 8.53. The molecule has 0 fully saturated rings. The molecule has 1 aromatic rings. The molecule has 1 aromatic carbocycles. The molecule has 0 aliphatic heterocycles. The molecule has 0 saturated heterocycles. The van der Waals surface area contributed by atoms with Crippen LogP contribution in [0.25, 0.3) is 0 Å². The number of esters is 1. The van der Waals surface area contributed by atoms with E-state index in [4.69, 9.17) is 4.74 Å². The van der Waals surface area contributed by atoms with Crippen LogP contribution in [0.5, 0.6) is 0 Å². The highest BCUT2D eigenvalue weighted by atomic mass is 16.6. The van der Waals surface area contributed by atoms with E-state index in [1.165, 1.54) is 5.56 Å². The molecule has 27 heavy (non-hydrogen) atoms. The minimum absolute atomic E-state index is 0.127. The number of rotatable bonds is 7. The van der Waals surface area contributed by atoms with Crippen molar-refractivity contribution in [3.63, 3.8) is 0 Å². The number of ether oxygens (including phenoxy) is 1. The van der Waals surface area contributed by atoms with Crippen molar-refractivity contribution in [3.05, 3.63) is 47.7 Å². The zero-order valence-electron chi connectivity index (χ0n) is 17.3. The van der Waals surface area contributed by atoms with E-state index in [2.05, 4.69) is 24.4 Å². The van der Waals surface area contributed by atoms with Crippen molar-refractivity contribution in [3.8, 4) is 0 Å². The van der Waals surface area contributed by atoms with Crippen LogP contribution in [0, 0.1) is 5.41 Å². The topological polar surface area (TPSA) is 55.4 Å². The van der Waals surface area contributed by atoms with Gasteiger partial charge in [-0.25, -0.2) is 0 Å². The van der Waals surface area contributed by atoms with Gasteiger partial charge in [-0.1, -0.05) is 37.3 Å². The van der Waals surface area contributed by atoms with E-state index >= 15 is 0 Å². The SMILES string of the molecule is CC[C@@]1(CCC(=O)OC(C)(C)C)CCC(N[C@@H](C)c2ccccc2)=CC1=O. The number of allylic oxidation sites excluding steroid dienone is 2. The first-order valence-electron chi connectivity index (χ1n) is 9.93. The molecule has 4 heteroatoms. The lowest BCUT2D eigenvalue weighted by Gasteiger charge is -2.35. The molecule has 0 heterocycles. The van der Waals surface area contributed by atoms with Gasteiger partial charge in [0.2, 0.25) is 0 Å². The third kappa shape index (κ3) is 5.95. The van der Waals surface area contributed by atoms with Crippen molar-refractivity contribution >= 4 is 11.8 Å². The first kappa shape index (κ1) is 21.2. The van der Waals surface area contributed by atoms with Crippen LogP contribution in [0.2, 0.25) is 0 Å². The van der Waals surface area contributed by atoms with Gasteiger partial charge >= 0.3 is 5.97 Å². The van der Waals surface area contributed by atoms with Crippen molar-refractivity contribution < 1.29 is 14.3 Å². The van der Waals surface area contributed by atoms with E-state index in [-0.39, 0.29) is 24.2 Å².